The largest absolute Gasteiger partial charge is 0.382 e. The van der Waals surface area contributed by atoms with Gasteiger partial charge in [-0.05, 0) is 12.5 Å². The lowest BCUT2D eigenvalue weighted by atomic mass is 10.2. The van der Waals surface area contributed by atoms with Crippen molar-refractivity contribution in [2.45, 2.75) is 6.92 Å². The van der Waals surface area contributed by atoms with Crippen molar-refractivity contribution in [1.29, 1.82) is 0 Å². The second kappa shape index (κ2) is 3.16. The minimum absolute atomic E-state index is 0.0387. The number of H-pyrrole nitrogens is 1. The third-order valence-corrected chi connectivity index (χ3v) is 1.90. The Balaban J connectivity index is 2.63. The number of nitrogens with zero attached hydrogens (tertiary/aromatic N) is 3. The van der Waals surface area contributed by atoms with E-state index >= 15 is 0 Å². The van der Waals surface area contributed by atoms with Crippen LogP contribution in [0.4, 0.5) is 5.82 Å². The molecule has 0 spiro atoms. The van der Waals surface area contributed by atoms with Gasteiger partial charge < -0.3 is 10.7 Å². The summed E-state index contributed by atoms with van der Waals surface area (Å²) in [6, 6.07) is 0. The van der Waals surface area contributed by atoms with E-state index in [1.165, 1.54) is 6.33 Å². The van der Waals surface area contributed by atoms with Crippen molar-refractivity contribution >= 4 is 22.8 Å². The molecule has 15 heavy (non-hydrogen) atoms. The number of hydrogen-bond acceptors (Lipinski definition) is 5. The van der Waals surface area contributed by atoms with Crippen LogP contribution in [-0.4, -0.2) is 25.7 Å². The SMILES string of the molecule is C=C(C)C(=O)c1nc(N)c2nc[nH]c2n1. The van der Waals surface area contributed by atoms with Gasteiger partial charge in [-0.1, -0.05) is 6.58 Å². The summed E-state index contributed by atoms with van der Waals surface area (Å²) in [7, 11) is 0. The number of nitrogens with two attached hydrogens (primary N) is 1. The standard InChI is InChI=1S/C9H9N5O/c1-4(2)6(15)9-13-7(10)5-8(14-9)12-3-11-5/h3H,1H2,2H3,(H3,10,11,12,13,14). The number of nitrogens with one attached hydrogen (secondary N) is 1. The van der Waals surface area contributed by atoms with Gasteiger partial charge in [0.05, 0.1) is 6.33 Å². The van der Waals surface area contributed by atoms with Crippen molar-refractivity contribution in [3.63, 3.8) is 0 Å². The predicted molar refractivity (Wildman–Crippen MR) is 55.2 cm³/mol. The molecule has 0 fully saturated rings. The number of anilines is 1. The second-order valence-corrected chi connectivity index (χ2v) is 3.14. The molecule has 0 bridgehead atoms. The maximum Gasteiger partial charge on any atom is 0.225 e. The molecule has 0 amide bonds. The molecule has 0 atom stereocenters. The van der Waals surface area contributed by atoms with Crippen molar-refractivity contribution in [2.75, 3.05) is 5.73 Å². The molecule has 3 N–H and O–H groups in total. The first-order valence-electron chi connectivity index (χ1n) is 4.26. The zero-order chi connectivity index (χ0) is 11.0. The summed E-state index contributed by atoms with van der Waals surface area (Å²) < 4.78 is 0. The maximum atomic E-state index is 11.5. The van der Waals surface area contributed by atoms with Gasteiger partial charge in [-0.15, -0.1) is 0 Å². The molecule has 6 nitrogen and oxygen atoms in total. The molecule has 2 aromatic rings. The Morgan fingerprint density at radius 1 is 1.53 bits per heavy atom. The van der Waals surface area contributed by atoms with Crippen molar-refractivity contribution in [3.8, 4) is 0 Å². The summed E-state index contributed by atoms with van der Waals surface area (Å²) in [5.74, 6) is -0.0965. The zero-order valence-corrected chi connectivity index (χ0v) is 8.11. The summed E-state index contributed by atoms with van der Waals surface area (Å²) in [6.07, 6.45) is 1.45. The predicted octanol–water partition coefficient (Wildman–Crippen LogP) is 0.694. The summed E-state index contributed by atoms with van der Waals surface area (Å²) >= 11 is 0. The van der Waals surface area contributed by atoms with Gasteiger partial charge in [0.2, 0.25) is 11.6 Å². The highest BCUT2D eigenvalue weighted by atomic mass is 16.1. The number of fused-ring (bicyclic) bond motifs is 1. The number of carbonyl (C=O) groups is 1. The molecule has 0 saturated heterocycles. The van der Waals surface area contributed by atoms with E-state index in [-0.39, 0.29) is 17.4 Å². The first kappa shape index (κ1) is 9.32. The number of nitrogen functional groups attached to an aromatic ring is 1. The number of Topliss-reactive ketones (excluding diaryl/α,β-unsaturated/α-hetero) is 1. The number of aromatic amines is 1. The molecule has 0 aliphatic rings. The molecular formula is C9H9N5O. The fourth-order valence-corrected chi connectivity index (χ4v) is 1.15. The highest BCUT2D eigenvalue weighted by Gasteiger charge is 2.14. The van der Waals surface area contributed by atoms with Gasteiger partial charge in [0, 0.05) is 0 Å². The summed E-state index contributed by atoms with van der Waals surface area (Å²) in [5.41, 5.74) is 6.91. The van der Waals surface area contributed by atoms with Crippen molar-refractivity contribution in [3.05, 3.63) is 24.3 Å². The Bertz CT molecular complexity index is 557. The van der Waals surface area contributed by atoms with Crippen LogP contribution < -0.4 is 5.73 Å². The van der Waals surface area contributed by atoms with Crippen LogP contribution in [0, 0.1) is 0 Å². The van der Waals surface area contributed by atoms with Crippen LogP contribution in [-0.2, 0) is 0 Å². The number of aromatic nitrogens is 4. The molecule has 0 radical (unpaired) electrons. The van der Waals surface area contributed by atoms with Crippen molar-refractivity contribution < 1.29 is 4.79 Å². The Hall–Kier alpha value is -2.24. The molecule has 0 aliphatic carbocycles. The smallest absolute Gasteiger partial charge is 0.225 e. The van der Waals surface area contributed by atoms with Crippen LogP contribution in [0.5, 0.6) is 0 Å². The van der Waals surface area contributed by atoms with Crippen molar-refractivity contribution in [2.24, 2.45) is 0 Å². The van der Waals surface area contributed by atoms with E-state index in [0.717, 1.165) is 0 Å². The highest BCUT2D eigenvalue weighted by Crippen LogP contribution is 2.14. The molecule has 0 aliphatic heterocycles. The Labute approximate surface area is 85.3 Å². The normalized spacial score (nSPS) is 10.5. The van der Waals surface area contributed by atoms with Crippen LogP contribution >= 0.6 is 0 Å². The Kier molecular flexibility index (Phi) is 1.96. The molecule has 76 valence electrons. The monoisotopic (exact) mass is 203 g/mol. The molecule has 2 heterocycles. The average Bonchev–Trinajstić information content (AvgIpc) is 2.64. The molecule has 0 unspecified atom stereocenters. The van der Waals surface area contributed by atoms with Gasteiger partial charge in [-0.3, -0.25) is 4.79 Å². The number of imidazole rings is 1. The van der Waals surface area contributed by atoms with E-state index < -0.39 is 0 Å². The Morgan fingerprint density at radius 3 is 2.93 bits per heavy atom. The van der Waals surface area contributed by atoms with Crippen LogP contribution in [0.2, 0.25) is 0 Å². The number of hydrogen-bond donors (Lipinski definition) is 2. The van der Waals surface area contributed by atoms with E-state index in [4.69, 9.17) is 5.73 Å². The first-order valence-corrected chi connectivity index (χ1v) is 4.26. The van der Waals surface area contributed by atoms with E-state index in [1.54, 1.807) is 6.92 Å². The van der Waals surface area contributed by atoms with Gasteiger partial charge in [-0.2, -0.15) is 0 Å². The minimum Gasteiger partial charge on any atom is -0.382 e. The maximum absolute atomic E-state index is 11.5. The van der Waals surface area contributed by atoms with E-state index in [1.807, 2.05) is 0 Å². The zero-order valence-electron chi connectivity index (χ0n) is 8.11. The lowest BCUT2D eigenvalue weighted by molar-refractivity contribution is 0.102. The van der Waals surface area contributed by atoms with Crippen molar-refractivity contribution in [1.82, 2.24) is 19.9 Å². The van der Waals surface area contributed by atoms with E-state index in [9.17, 15) is 4.79 Å². The van der Waals surface area contributed by atoms with Gasteiger partial charge in [0.1, 0.15) is 5.52 Å². The van der Waals surface area contributed by atoms with Crippen LogP contribution in [0.1, 0.15) is 17.5 Å². The quantitative estimate of drug-likeness (QED) is 0.552. The first-order chi connectivity index (χ1) is 7.09. The van der Waals surface area contributed by atoms with Crippen LogP contribution in [0.15, 0.2) is 18.5 Å². The second-order valence-electron chi connectivity index (χ2n) is 3.14. The van der Waals surface area contributed by atoms with E-state index in [0.29, 0.717) is 16.7 Å². The van der Waals surface area contributed by atoms with Gasteiger partial charge in [-0.25, -0.2) is 15.0 Å². The molecule has 6 heteroatoms. The molecule has 2 aromatic heterocycles. The van der Waals surface area contributed by atoms with Gasteiger partial charge >= 0.3 is 0 Å². The number of allylic oxidation sites excluding steroid dienone is 1. The topological polar surface area (TPSA) is 97.5 Å². The summed E-state index contributed by atoms with van der Waals surface area (Å²) in [4.78, 5) is 26.1. The van der Waals surface area contributed by atoms with Gasteiger partial charge in [0.25, 0.3) is 0 Å². The van der Waals surface area contributed by atoms with E-state index in [2.05, 4.69) is 26.5 Å². The molecule has 0 saturated carbocycles. The third-order valence-electron chi connectivity index (χ3n) is 1.90. The molecule has 2 rings (SSSR count). The summed E-state index contributed by atoms with van der Waals surface area (Å²) in [5, 5.41) is 0. The number of ketones is 1. The Morgan fingerprint density at radius 2 is 2.27 bits per heavy atom. The number of carbonyl (C=O) groups excluding carboxylic acids is 1. The van der Waals surface area contributed by atoms with Gasteiger partial charge in [0.15, 0.2) is 11.5 Å². The minimum atomic E-state index is -0.321. The lowest BCUT2D eigenvalue weighted by Gasteiger charge is -1.99. The molecular weight excluding hydrogens is 194 g/mol. The lowest BCUT2D eigenvalue weighted by Crippen LogP contribution is -2.08. The average molecular weight is 203 g/mol. The highest BCUT2D eigenvalue weighted by molar-refractivity contribution is 6.06. The third kappa shape index (κ3) is 1.45. The molecule has 0 aromatic carbocycles. The van der Waals surface area contributed by atoms with Crippen LogP contribution in [0.3, 0.4) is 0 Å². The fraction of sp³-hybridized carbons (Fsp3) is 0.111. The summed E-state index contributed by atoms with van der Waals surface area (Å²) in [6.45, 7) is 5.13. The number of rotatable bonds is 2. The van der Waals surface area contributed by atoms with Crippen LogP contribution in [0.25, 0.3) is 11.2 Å². The fourth-order valence-electron chi connectivity index (χ4n) is 1.15.